The van der Waals surface area contributed by atoms with Gasteiger partial charge in [-0.05, 0) is 0 Å². The molecule has 0 fully saturated rings. The summed E-state index contributed by atoms with van der Waals surface area (Å²) in [6, 6.07) is 29.2. The standard InChI is InChI=1S/C24H17.2CH3.Zr/c1-24(15-19-8-2-3-9-20(19)16-24)22-12-6-10-18-14-13-17-7-4-5-11-21(17)23(18)22;;;/h2-15H,1H3;2*1H3;. The molecule has 131 valence electrons. The van der Waals surface area contributed by atoms with Crippen LogP contribution in [0.5, 0.6) is 0 Å². The van der Waals surface area contributed by atoms with Gasteiger partial charge in [0.15, 0.2) is 0 Å². The van der Waals surface area contributed by atoms with Crippen molar-refractivity contribution in [2.24, 2.45) is 0 Å². The van der Waals surface area contributed by atoms with Crippen LogP contribution in [0.1, 0.15) is 12.5 Å². The van der Waals surface area contributed by atoms with Crippen molar-refractivity contribution in [3.05, 3.63) is 94.9 Å². The van der Waals surface area contributed by atoms with Crippen LogP contribution in [0.2, 0.25) is 9.26 Å². The van der Waals surface area contributed by atoms with Gasteiger partial charge in [0, 0.05) is 0 Å². The zero-order valence-corrected chi connectivity index (χ0v) is 18.5. The first kappa shape index (κ1) is 17.1. The Morgan fingerprint density at radius 3 is 2.26 bits per heavy atom. The van der Waals surface area contributed by atoms with Crippen LogP contribution in [-0.4, -0.2) is 0 Å². The molecule has 0 spiro atoms. The van der Waals surface area contributed by atoms with Crippen LogP contribution in [0, 0.1) is 0 Å². The summed E-state index contributed by atoms with van der Waals surface area (Å²) in [6.45, 7) is 2.45. The Labute approximate surface area is 168 Å². The van der Waals surface area contributed by atoms with Crippen LogP contribution < -0.4 is 10.4 Å². The number of hydrogen-bond acceptors (Lipinski definition) is 0. The summed E-state index contributed by atoms with van der Waals surface area (Å²) in [7, 11) is 0. The second-order valence-corrected chi connectivity index (χ2v) is 14.1. The molecule has 1 aliphatic carbocycles. The van der Waals surface area contributed by atoms with Crippen molar-refractivity contribution in [1.82, 2.24) is 0 Å². The fourth-order valence-electron chi connectivity index (χ4n) is 5.01. The molecule has 4 aromatic carbocycles. The van der Waals surface area contributed by atoms with Crippen molar-refractivity contribution in [2.75, 3.05) is 0 Å². The molecule has 0 N–H and O–H groups in total. The molecule has 1 atom stereocenters. The molecule has 0 bridgehead atoms. The molecule has 4 aromatic rings. The Bertz CT molecular complexity index is 1310. The van der Waals surface area contributed by atoms with Gasteiger partial charge in [-0.3, -0.25) is 0 Å². The molecule has 0 amide bonds. The molecular weight excluding hydrogens is 404 g/mol. The summed E-state index contributed by atoms with van der Waals surface area (Å²) in [6.07, 6.45) is 2.53. The van der Waals surface area contributed by atoms with Gasteiger partial charge >= 0.3 is 169 Å². The molecule has 0 saturated carbocycles. The van der Waals surface area contributed by atoms with Crippen molar-refractivity contribution >= 4 is 30.9 Å². The van der Waals surface area contributed by atoms with E-state index >= 15 is 0 Å². The van der Waals surface area contributed by atoms with Gasteiger partial charge in [-0.25, -0.2) is 0 Å². The number of fused-ring (bicyclic) bond motifs is 4. The van der Waals surface area contributed by atoms with Gasteiger partial charge < -0.3 is 0 Å². The minimum absolute atomic E-state index is 0.00834. The van der Waals surface area contributed by atoms with E-state index in [0.717, 1.165) is 0 Å². The van der Waals surface area contributed by atoms with Gasteiger partial charge in [0.1, 0.15) is 0 Å². The molecule has 1 heteroatoms. The van der Waals surface area contributed by atoms with Gasteiger partial charge in [-0.1, -0.05) is 0 Å². The SMILES string of the molecule is [CH3][Zr]([CH3])[C]1=c2ccccc2=CC1(C)c1cccc2ccc3ccccc3c12. The summed E-state index contributed by atoms with van der Waals surface area (Å²) in [4.78, 5) is 0. The molecule has 1 aliphatic rings. The Balaban J connectivity index is 1.95. The van der Waals surface area contributed by atoms with Crippen molar-refractivity contribution in [2.45, 2.75) is 21.6 Å². The topological polar surface area (TPSA) is 0 Å². The van der Waals surface area contributed by atoms with E-state index in [1.54, 1.807) is 3.28 Å². The predicted molar refractivity (Wildman–Crippen MR) is 114 cm³/mol. The zero-order chi connectivity index (χ0) is 18.6. The van der Waals surface area contributed by atoms with E-state index in [-0.39, 0.29) is 5.41 Å². The molecule has 0 nitrogen and oxygen atoms in total. The van der Waals surface area contributed by atoms with Gasteiger partial charge in [-0.15, -0.1) is 0 Å². The van der Waals surface area contributed by atoms with E-state index in [0.29, 0.717) is 0 Å². The number of benzene rings is 4. The van der Waals surface area contributed by atoms with E-state index < -0.39 is 21.8 Å². The van der Waals surface area contributed by atoms with Crippen molar-refractivity contribution < 1.29 is 21.8 Å². The maximum atomic E-state index is 2.53. The quantitative estimate of drug-likeness (QED) is 0.368. The fraction of sp³-hybridized carbons (Fsp3) is 0.154. The second kappa shape index (κ2) is 6.28. The second-order valence-electron chi connectivity index (χ2n) is 8.00. The van der Waals surface area contributed by atoms with Crippen LogP contribution in [0.25, 0.3) is 30.9 Å². The van der Waals surface area contributed by atoms with Gasteiger partial charge in [0.05, 0.1) is 0 Å². The van der Waals surface area contributed by atoms with E-state index in [9.17, 15) is 0 Å². The van der Waals surface area contributed by atoms with E-state index in [2.05, 4.69) is 101 Å². The third kappa shape index (κ3) is 2.52. The third-order valence-corrected chi connectivity index (χ3v) is 10.4. The molecule has 27 heavy (non-hydrogen) atoms. The van der Waals surface area contributed by atoms with Gasteiger partial charge in [0.25, 0.3) is 0 Å². The summed E-state index contributed by atoms with van der Waals surface area (Å²) in [5.41, 5.74) is 1.45. The molecule has 0 aliphatic heterocycles. The Kier molecular flexibility index (Phi) is 3.99. The Morgan fingerprint density at radius 1 is 0.704 bits per heavy atom. The average Bonchev–Trinajstić information content (AvgIpc) is 3.00. The van der Waals surface area contributed by atoms with Crippen LogP contribution in [0.3, 0.4) is 0 Å². The monoisotopic (exact) mass is 425 g/mol. The summed E-state index contributed by atoms with van der Waals surface area (Å²) in [5, 5.41) is 8.36. The van der Waals surface area contributed by atoms with Gasteiger partial charge in [0.2, 0.25) is 0 Å². The number of hydrogen-bond donors (Lipinski definition) is 0. The molecule has 0 heterocycles. The summed E-state index contributed by atoms with van der Waals surface area (Å²) >= 11 is -1.64. The Morgan fingerprint density at radius 2 is 1.41 bits per heavy atom. The van der Waals surface area contributed by atoms with Gasteiger partial charge in [-0.2, -0.15) is 0 Å². The van der Waals surface area contributed by atoms with E-state index in [1.165, 1.54) is 37.5 Å². The van der Waals surface area contributed by atoms with E-state index in [4.69, 9.17) is 0 Å². The third-order valence-electron chi connectivity index (χ3n) is 6.02. The Hall–Kier alpha value is -1.98. The number of rotatable bonds is 2. The minimum atomic E-state index is -1.64. The van der Waals surface area contributed by atoms with E-state index in [1.807, 2.05) is 0 Å². The van der Waals surface area contributed by atoms with Crippen molar-refractivity contribution in [3.8, 4) is 0 Å². The molecule has 1 unspecified atom stereocenters. The van der Waals surface area contributed by atoms with Crippen molar-refractivity contribution in [1.29, 1.82) is 0 Å². The maximum absolute atomic E-state index is 2.53. The summed E-state index contributed by atoms with van der Waals surface area (Å²) < 4.78 is 6.77. The first-order valence-corrected chi connectivity index (χ1v) is 15.8. The molecule has 5 rings (SSSR count). The molecule has 0 aromatic heterocycles. The molecule has 0 radical (unpaired) electrons. The summed E-state index contributed by atoms with van der Waals surface area (Å²) in [5.74, 6) is 0. The van der Waals surface area contributed by atoms with Crippen LogP contribution >= 0.6 is 0 Å². The van der Waals surface area contributed by atoms with Crippen molar-refractivity contribution in [3.63, 3.8) is 0 Å². The van der Waals surface area contributed by atoms with Crippen LogP contribution in [0.4, 0.5) is 0 Å². The average molecular weight is 427 g/mol. The molecular formula is C26H23Zr. The van der Waals surface area contributed by atoms with Crippen LogP contribution in [0.15, 0.2) is 78.9 Å². The zero-order valence-electron chi connectivity index (χ0n) is 16.1. The van der Waals surface area contributed by atoms with Crippen LogP contribution in [-0.2, 0) is 27.2 Å². The first-order chi connectivity index (χ1) is 13.1. The molecule has 0 saturated heterocycles. The fourth-order valence-corrected chi connectivity index (χ4v) is 9.95. The normalized spacial score (nSPS) is 18.6. The predicted octanol–water partition coefficient (Wildman–Crippen LogP) is 5.57. The first-order valence-electron chi connectivity index (χ1n) is 9.64.